The van der Waals surface area contributed by atoms with Crippen LogP contribution in [0, 0.1) is 18.3 Å². The minimum absolute atomic E-state index is 0.223. The first-order valence-electron chi connectivity index (χ1n) is 15.8. The largest absolute Gasteiger partial charge is 0.494 e. The third-order valence-corrected chi connectivity index (χ3v) is 9.28. The van der Waals surface area contributed by atoms with E-state index < -0.39 is 29.3 Å². The van der Waals surface area contributed by atoms with Gasteiger partial charge in [-0.05, 0) is 86.6 Å². The Kier molecular flexibility index (Phi) is 10.2. The molecule has 0 radical (unpaired) electrons. The maximum atomic E-state index is 13.8. The second-order valence-corrected chi connectivity index (χ2v) is 12.5. The molecule has 5 rings (SSSR count). The number of amides is 4. The first-order chi connectivity index (χ1) is 21.3. The van der Waals surface area contributed by atoms with E-state index in [1.807, 2.05) is 55.5 Å². The molecule has 1 unspecified atom stereocenters. The van der Waals surface area contributed by atoms with Gasteiger partial charge in [0.25, 0.3) is 0 Å². The van der Waals surface area contributed by atoms with Crippen molar-refractivity contribution in [2.24, 2.45) is 11.3 Å². The number of nitrogens with one attached hydrogen (secondary N) is 3. The molecule has 3 aliphatic rings. The summed E-state index contributed by atoms with van der Waals surface area (Å²) in [6.07, 6.45) is 4.32. The van der Waals surface area contributed by atoms with Gasteiger partial charge in [-0.25, -0.2) is 0 Å². The molecule has 0 spiro atoms. The SMILES string of the molecule is Cc1ccc2cc1CNC(=O)[C@H](CCc1ccccc1)NC(=O)[C@@H](NC(=O)C1(CO)CC1)CC(=O)N1CCCC(CCO2)C1. The Morgan fingerprint density at radius 1 is 1.09 bits per heavy atom. The smallest absolute Gasteiger partial charge is 0.243 e. The van der Waals surface area contributed by atoms with E-state index in [-0.39, 0.29) is 37.3 Å². The van der Waals surface area contributed by atoms with Gasteiger partial charge in [0.1, 0.15) is 17.8 Å². The van der Waals surface area contributed by atoms with Crippen molar-refractivity contribution < 1.29 is 29.0 Å². The molecule has 4 bridgehead atoms. The zero-order valence-electron chi connectivity index (χ0n) is 25.5. The lowest BCUT2D eigenvalue weighted by molar-refractivity contribution is -0.139. The molecular weight excluding hydrogens is 560 g/mol. The minimum Gasteiger partial charge on any atom is -0.494 e. The number of nitrogens with zero attached hydrogens (tertiary/aromatic N) is 1. The molecule has 1 saturated carbocycles. The van der Waals surface area contributed by atoms with E-state index >= 15 is 0 Å². The molecule has 2 fully saturated rings. The number of hydrogen-bond acceptors (Lipinski definition) is 6. The third-order valence-electron chi connectivity index (χ3n) is 9.28. The fraction of sp³-hybridized carbons (Fsp3) is 0.529. The molecule has 44 heavy (non-hydrogen) atoms. The minimum atomic E-state index is -1.17. The van der Waals surface area contributed by atoms with Crippen molar-refractivity contribution in [2.45, 2.75) is 76.9 Å². The Morgan fingerprint density at radius 2 is 1.89 bits per heavy atom. The summed E-state index contributed by atoms with van der Waals surface area (Å²) in [5, 5.41) is 18.4. The van der Waals surface area contributed by atoms with Crippen LogP contribution in [0.4, 0.5) is 0 Å². The molecule has 4 N–H and O–H groups in total. The second-order valence-electron chi connectivity index (χ2n) is 12.5. The fourth-order valence-electron chi connectivity index (χ4n) is 6.03. The number of piperidine rings is 1. The Morgan fingerprint density at radius 3 is 2.64 bits per heavy atom. The van der Waals surface area contributed by atoms with Crippen molar-refractivity contribution in [2.75, 3.05) is 26.3 Å². The summed E-state index contributed by atoms with van der Waals surface area (Å²) in [5.41, 5.74) is 2.04. The summed E-state index contributed by atoms with van der Waals surface area (Å²) >= 11 is 0. The lowest BCUT2D eigenvalue weighted by atomic mass is 9.94. The number of aryl methyl sites for hydroxylation is 2. The van der Waals surface area contributed by atoms with Gasteiger partial charge >= 0.3 is 0 Å². The van der Waals surface area contributed by atoms with Crippen LogP contribution in [0.25, 0.3) is 0 Å². The van der Waals surface area contributed by atoms with Crippen LogP contribution in [-0.4, -0.2) is 72.0 Å². The average molecular weight is 605 g/mol. The number of hydrogen-bond donors (Lipinski definition) is 4. The van der Waals surface area contributed by atoms with Crippen LogP contribution < -0.4 is 20.7 Å². The second kappa shape index (κ2) is 14.2. The van der Waals surface area contributed by atoms with E-state index in [1.165, 1.54) is 0 Å². The third kappa shape index (κ3) is 7.96. The molecule has 1 saturated heterocycles. The molecule has 2 aromatic rings. The molecule has 236 valence electrons. The van der Waals surface area contributed by atoms with Gasteiger partial charge in [0, 0.05) is 19.6 Å². The first kappa shape index (κ1) is 31.5. The number of carbonyl (C=O) groups is 4. The summed E-state index contributed by atoms with van der Waals surface area (Å²) in [6.45, 7) is 3.57. The predicted molar refractivity (Wildman–Crippen MR) is 164 cm³/mol. The molecule has 10 nitrogen and oxygen atoms in total. The monoisotopic (exact) mass is 604 g/mol. The predicted octanol–water partition coefficient (Wildman–Crippen LogP) is 2.40. The highest BCUT2D eigenvalue weighted by Gasteiger charge is 2.50. The van der Waals surface area contributed by atoms with Crippen LogP contribution in [0.2, 0.25) is 0 Å². The van der Waals surface area contributed by atoms with Crippen molar-refractivity contribution >= 4 is 23.6 Å². The molecule has 4 amide bonds. The van der Waals surface area contributed by atoms with E-state index in [2.05, 4.69) is 16.0 Å². The Hall–Kier alpha value is -3.92. The van der Waals surface area contributed by atoms with Crippen molar-refractivity contribution in [3.8, 4) is 5.75 Å². The molecule has 0 aromatic heterocycles. The number of carbonyl (C=O) groups excluding carboxylic acids is 4. The van der Waals surface area contributed by atoms with Crippen LogP contribution in [0.3, 0.4) is 0 Å². The van der Waals surface area contributed by atoms with Crippen molar-refractivity contribution in [1.29, 1.82) is 0 Å². The highest BCUT2D eigenvalue weighted by atomic mass is 16.5. The van der Waals surface area contributed by atoms with E-state index in [1.54, 1.807) is 4.90 Å². The molecule has 10 heteroatoms. The van der Waals surface area contributed by atoms with Gasteiger partial charge in [-0.2, -0.15) is 0 Å². The summed E-state index contributed by atoms with van der Waals surface area (Å²) in [5.74, 6) is -0.609. The van der Waals surface area contributed by atoms with Gasteiger partial charge in [-0.1, -0.05) is 36.4 Å². The van der Waals surface area contributed by atoms with E-state index in [0.29, 0.717) is 45.4 Å². The van der Waals surface area contributed by atoms with Crippen molar-refractivity contribution in [3.63, 3.8) is 0 Å². The summed E-state index contributed by atoms with van der Waals surface area (Å²) in [4.78, 5) is 55.8. The van der Waals surface area contributed by atoms with Crippen LogP contribution in [0.1, 0.15) is 61.6 Å². The zero-order chi connectivity index (χ0) is 31.1. The maximum absolute atomic E-state index is 13.8. The maximum Gasteiger partial charge on any atom is 0.243 e. The molecular formula is C34H44N4O6. The van der Waals surface area contributed by atoms with Crippen LogP contribution in [-0.2, 0) is 32.1 Å². The molecule has 3 atom stereocenters. The number of ether oxygens (including phenoxy) is 1. The topological polar surface area (TPSA) is 137 Å². The van der Waals surface area contributed by atoms with E-state index in [4.69, 9.17) is 4.74 Å². The zero-order valence-corrected chi connectivity index (χ0v) is 25.5. The summed E-state index contributed by atoms with van der Waals surface area (Å²) in [7, 11) is 0. The molecule has 2 aromatic carbocycles. The Bertz CT molecular complexity index is 1340. The van der Waals surface area contributed by atoms with Gasteiger partial charge in [0.05, 0.1) is 25.0 Å². The molecule has 2 aliphatic heterocycles. The quantitative estimate of drug-likeness (QED) is 0.400. The normalized spacial score (nSPS) is 24.2. The highest BCUT2D eigenvalue weighted by molar-refractivity contribution is 5.96. The van der Waals surface area contributed by atoms with Crippen molar-refractivity contribution in [1.82, 2.24) is 20.9 Å². The van der Waals surface area contributed by atoms with Gasteiger partial charge in [-0.15, -0.1) is 0 Å². The number of fused-ring (bicyclic) bond motifs is 4. The van der Waals surface area contributed by atoms with Crippen molar-refractivity contribution in [3.05, 3.63) is 65.2 Å². The standard InChI is InChI=1S/C34H44N4O6/c1-23-9-11-27-18-26(23)20-35-31(41)28(12-10-24-6-3-2-4-7-24)36-32(42)29(37-33(43)34(22-39)14-15-34)19-30(40)38-16-5-8-25(21-38)13-17-44-27/h2-4,6-7,9,11,18,25,28-29,39H,5,8,10,12-17,19-22H2,1H3,(H,35,41)(H,36,42)(H,37,43)/t25?,28-,29-/m0/s1. The van der Waals surface area contributed by atoms with Gasteiger partial charge < -0.3 is 30.7 Å². The number of rotatable bonds is 6. The first-order valence-corrected chi connectivity index (χ1v) is 15.8. The van der Waals surface area contributed by atoms with E-state index in [9.17, 15) is 24.3 Å². The van der Waals surface area contributed by atoms with Gasteiger partial charge in [-0.3, -0.25) is 19.2 Å². The van der Waals surface area contributed by atoms with Crippen LogP contribution in [0.5, 0.6) is 5.75 Å². The fourth-order valence-corrected chi connectivity index (χ4v) is 6.03. The van der Waals surface area contributed by atoms with Gasteiger partial charge in [0.15, 0.2) is 0 Å². The molecule has 2 heterocycles. The van der Waals surface area contributed by atoms with Crippen LogP contribution in [0.15, 0.2) is 48.5 Å². The summed E-state index contributed by atoms with van der Waals surface area (Å²) < 4.78 is 6.08. The lowest BCUT2D eigenvalue weighted by Crippen LogP contribution is -2.56. The average Bonchev–Trinajstić information content (AvgIpc) is 3.84. The van der Waals surface area contributed by atoms with E-state index in [0.717, 1.165) is 41.7 Å². The van der Waals surface area contributed by atoms with Crippen LogP contribution >= 0.6 is 0 Å². The number of benzene rings is 2. The molecule has 1 aliphatic carbocycles. The van der Waals surface area contributed by atoms with Gasteiger partial charge in [0.2, 0.25) is 23.6 Å². The highest BCUT2D eigenvalue weighted by Crippen LogP contribution is 2.45. The Labute approximate surface area is 258 Å². The number of aliphatic hydroxyl groups excluding tert-OH is 1. The Balaban J connectivity index is 1.41. The summed E-state index contributed by atoms with van der Waals surface area (Å²) in [6, 6.07) is 13.5. The number of aliphatic hydroxyl groups is 1. The lowest BCUT2D eigenvalue weighted by Gasteiger charge is -2.34.